The number of aromatic nitrogens is 1. The summed E-state index contributed by atoms with van der Waals surface area (Å²) in [6.07, 6.45) is 0.887. The monoisotopic (exact) mass is 512 g/mol. The Morgan fingerprint density at radius 1 is 1.05 bits per heavy atom. The highest BCUT2D eigenvalue weighted by molar-refractivity contribution is 7.22. The first-order valence-corrected chi connectivity index (χ1v) is 13.1. The third-order valence-corrected chi connectivity index (χ3v) is 7.80. The number of hydrogen-bond donors (Lipinski definition) is 1. The highest BCUT2D eigenvalue weighted by atomic mass is 32.1. The van der Waals surface area contributed by atoms with E-state index in [9.17, 15) is 14.7 Å². The Hall–Kier alpha value is -3.97. The molecule has 0 radical (unpaired) electrons. The maximum atomic E-state index is 13.5. The third kappa shape index (κ3) is 4.40. The van der Waals surface area contributed by atoms with Gasteiger partial charge in [-0.05, 0) is 65.4 Å². The number of thiazole rings is 1. The second kappa shape index (κ2) is 9.82. The molecule has 1 N–H and O–H groups in total. The molecule has 4 aromatic rings. The van der Waals surface area contributed by atoms with Crippen molar-refractivity contribution in [1.82, 2.24) is 4.98 Å². The molecule has 1 aromatic heterocycles. The predicted octanol–water partition coefficient (Wildman–Crippen LogP) is 6.62. The van der Waals surface area contributed by atoms with Crippen molar-refractivity contribution in [3.8, 4) is 5.75 Å². The second-order valence-electron chi connectivity index (χ2n) is 9.37. The Kier molecular flexibility index (Phi) is 6.56. The third-order valence-electron chi connectivity index (χ3n) is 6.78. The number of amides is 1. The quantitative estimate of drug-likeness (QED) is 0.178. The molecule has 0 spiro atoms. The summed E-state index contributed by atoms with van der Waals surface area (Å²) in [7, 11) is 1.56. The summed E-state index contributed by atoms with van der Waals surface area (Å²) in [5.74, 6) is -0.714. The number of methoxy groups -OCH3 is 1. The van der Waals surface area contributed by atoms with Gasteiger partial charge in [0.15, 0.2) is 5.13 Å². The maximum absolute atomic E-state index is 13.5. The van der Waals surface area contributed by atoms with Crippen molar-refractivity contribution in [1.29, 1.82) is 0 Å². The topological polar surface area (TPSA) is 79.7 Å². The van der Waals surface area contributed by atoms with Crippen LogP contribution in [-0.4, -0.2) is 28.9 Å². The van der Waals surface area contributed by atoms with E-state index in [-0.39, 0.29) is 11.3 Å². The molecule has 0 aliphatic carbocycles. The van der Waals surface area contributed by atoms with E-state index in [0.717, 1.165) is 27.8 Å². The van der Waals surface area contributed by atoms with E-state index in [1.165, 1.54) is 21.8 Å². The lowest BCUT2D eigenvalue weighted by atomic mass is 9.93. The van der Waals surface area contributed by atoms with Crippen molar-refractivity contribution < 1.29 is 19.4 Å². The number of aryl methyl sites for hydroxylation is 1. The van der Waals surface area contributed by atoms with Gasteiger partial charge >= 0.3 is 5.91 Å². The number of aliphatic hydroxyl groups excluding tert-OH is 1. The number of hydrogen-bond acceptors (Lipinski definition) is 6. The number of Topliss-reactive ketones (excluding diaryl/α,β-unsaturated/α-hetero) is 1. The average Bonchev–Trinajstić information content (AvgIpc) is 3.45. The van der Waals surface area contributed by atoms with E-state index in [0.29, 0.717) is 22.4 Å². The van der Waals surface area contributed by atoms with E-state index >= 15 is 0 Å². The van der Waals surface area contributed by atoms with Crippen molar-refractivity contribution in [2.75, 3.05) is 12.0 Å². The summed E-state index contributed by atoms with van der Waals surface area (Å²) in [4.78, 5) is 33.1. The number of benzene rings is 3. The van der Waals surface area contributed by atoms with Crippen molar-refractivity contribution >= 4 is 44.1 Å². The van der Waals surface area contributed by atoms with Crippen molar-refractivity contribution in [2.24, 2.45) is 0 Å². The molecule has 3 aromatic carbocycles. The van der Waals surface area contributed by atoms with Gasteiger partial charge in [-0.25, -0.2) is 4.98 Å². The van der Waals surface area contributed by atoms with Crippen molar-refractivity contribution in [3.63, 3.8) is 0 Å². The Labute approximate surface area is 219 Å². The van der Waals surface area contributed by atoms with Gasteiger partial charge in [-0.1, -0.05) is 62.4 Å². The van der Waals surface area contributed by atoms with Gasteiger partial charge in [-0.15, -0.1) is 0 Å². The lowest BCUT2D eigenvalue weighted by Gasteiger charge is -2.23. The summed E-state index contributed by atoms with van der Waals surface area (Å²) < 4.78 is 6.16. The smallest absolute Gasteiger partial charge is 0.301 e. The standard InChI is InChI=1S/C30H28N2O4S/c1-5-18-6-15-23-24(16-18)37-30(31-23)32-26(20-9-7-19(8-10-20)17(2)3)25(28(34)29(32)35)27(33)21-11-13-22(36-4)14-12-21/h6-17,26,33H,5H2,1-4H3/b27-25+/t26-/m0/s1. The highest BCUT2D eigenvalue weighted by Crippen LogP contribution is 2.44. The van der Waals surface area contributed by atoms with Crippen molar-refractivity contribution in [2.45, 2.75) is 39.2 Å². The van der Waals surface area contributed by atoms with Crippen LogP contribution >= 0.6 is 11.3 Å². The Morgan fingerprint density at radius 2 is 1.76 bits per heavy atom. The number of nitrogens with zero attached hydrogens (tertiary/aromatic N) is 2. The molecule has 0 bridgehead atoms. The SMILES string of the molecule is CCc1ccc2nc(N3C(=O)C(=O)/C(=C(/O)c4ccc(OC)cc4)[C@@H]3c3ccc(C(C)C)cc3)sc2c1. The molecule has 5 rings (SSSR count). The summed E-state index contributed by atoms with van der Waals surface area (Å²) in [5.41, 5.74) is 4.28. The van der Waals surface area contributed by atoms with Gasteiger partial charge < -0.3 is 9.84 Å². The van der Waals surface area contributed by atoms with Crippen LogP contribution in [-0.2, 0) is 16.0 Å². The molecule has 1 fully saturated rings. The van der Waals surface area contributed by atoms with Crippen LogP contribution in [0.15, 0.2) is 72.3 Å². The molecule has 2 heterocycles. The van der Waals surface area contributed by atoms with E-state index in [4.69, 9.17) is 9.72 Å². The van der Waals surface area contributed by atoms with Crippen LogP contribution in [0, 0.1) is 0 Å². The normalized spacial score (nSPS) is 17.2. The van der Waals surface area contributed by atoms with Crippen LogP contribution in [0.5, 0.6) is 5.75 Å². The van der Waals surface area contributed by atoms with Gasteiger partial charge in [0.05, 0.1) is 28.9 Å². The molecule has 1 aliphatic heterocycles. The molecular weight excluding hydrogens is 484 g/mol. The fraction of sp³-hybridized carbons (Fsp3) is 0.233. The van der Waals surface area contributed by atoms with Gasteiger partial charge in [0, 0.05) is 5.56 Å². The van der Waals surface area contributed by atoms with Gasteiger partial charge in [0.2, 0.25) is 0 Å². The van der Waals surface area contributed by atoms with Gasteiger partial charge in [0.1, 0.15) is 11.5 Å². The molecular formula is C30H28N2O4S. The molecule has 6 nitrogen and oxygen atoms in total. The molecule has 37 heavy (non-hydrogen) atoms. The van der Waals surface area contributed by atoms with Crippen LogP contribution in [0.4, 0.5) is 5.13 Å². The van der Waals surface area contributed by atoms with E-state index < -0.39 is 17.7 Å². The van der Waals surface area contributed by atoms with Gasteiger partial charge in [-0.3, -0.25) is 14.5 Å². The molecule has 1 amide bonds. The summed E-state index contributed by atoms with van der Waals surface area (Å²) >= 11 is 1.37. The predicted molar refractivity (Wildman–Crippen MR) is 147 cm³/mol. The zero-order valence-electron chi connectivity index (χ0n) is 21.2. The minimum atomic E-state index is -0.811. The fourth-order valence-corrected chi connectivity index (χ4v) is 5.65. The number of aliphatic hydroxyl groups is 1. The maximum Gasteiger partial charge on any atom is 0.301 e. The number of ether oxygens (including phenoxy) is 1. The minimum Gasteiger partial charge on any atom is -0.507 e. The average molecular weight is 513 g/mol. The number of rotatable bonds is 6. The molecule has 0 saturated carbocycles. The van der Waals surface area contributed by atoms with E-state index in [2.05, 4.69) is 26.8 Å². The van der Waals surface area contributed by atoms with Crippen LogP contribution in [0.25, 0.3) is 16.0 Å². The number of carbonyl (C=O) groups is 2. The largest absolute Gasteiger partial charge is 0.507 e. The molecule has 188 valence electrons. The Bertz CT molecular complexity index is 1520. The number of carbonyl (C=O) groups excluding carboxylic acids is 2. The molecule has 1 atom stereocenters. The summed E-state index contributed by atoms with van der Waals surface area (Å²) in [6, 6.07) is 19.8. The number of anilines is 1. The summed E-state index contributed by atoms with van der Waals surface area (Å²) in [5, 5.41) is 11.8. The molecule has 1 saturated heterocycles. The van der Waals surface area contributed by atoms with Crippen molar-refractivity contribution in [3.05, 3.63) is 94.6 Å². The van der Waals surface area contributed by atoms with Crippen LogP contribution in [0.3, 0.4) is 0 Å². The molecule has 0 unspecified atom stereocenters. The van der Waals surface area contributed by atoms with E-state index in [1.807, 2.05) is 36.4 Å². The van der Waals surface area contributed by atoms with Crippen LogP contribution < -0.4 is 9.64 Å². The first kappa shape index (κ1) is 24.7. The van der Waals surface area contributed by atoms with Gasteiger partial charge in [0.25, 0.3) is 5.78 Å². The van der Waals surface area contributed by atoms with Crippen LogP contribution in [0.2, 0.25) is 0 Å². The fourth-order valence-electron chi connectivity index (χ4n) is 4.59. The number of fused-ring (bicyclic) bond motifs is 1. The zero-order chi connectivity index (χ0) is 26.3. The molecule has 1 aliphatic rings. The second-order valence-corrected chi connectivity index (χ2v) is 10.4. The first-order chi connectivity index (χ1) is 17.8. The lowest BCUT2D eigenvalue weighted by molar-refractivity contribution is -0.132. The van der Waals surface area contributed by atoms with Gasteiger partial charge in [-0.2, -0.15) is 0 Å². The van der Waals surface area contributed by atoms with Crippen LogP contribution in [0.1, 0.15) is 55.0 Å². The first-order valence-electron chi connectivity index (χ1n) is 12.3. The Morgan fingerprint density at radius 3 is 2.38 bits per heavy atom. The zero-order valence-corrected chi connectivity index (χ0v) is 22.0. The minimum absolute atomic E-state index is 0.0426. The lowest BCUT2D eigenvalue weighted by Crippen LogP contribution is -2.29. The summed E-state index contributed by atoms with van der Waals surface area (Å²) in [6.45, 7) is 6.30. The Balaban J connectivity index is 1.69. The highest BCUT2D eigenvalue weighted by Gasteiger charge is 2.48. The van der Waals surface area contributed by atoms with E-state index in [1.54, 1.807) is 31.4 Å². The molecule has 7 heteroatoms. The number of ketones is 1.